The maximum Gasteiger partial charge on any atom is 0.270 e. The summed E-state index contributed by atoms with van der Waals surface area (Å²) >= 11 is 0. The second-order valence-electron chi connectivity index (χ2n) is 15.0. The van der Waals surface area contributed by atoms with E-state index in [2.05, 4.69) is 31.2 Å². The number of nitrogens with two attached hydrogens (primary N) is 1. The summed E-state index contributed by atoms with van der Waals surface area (Å²) in [7, 11) is 0. The van der Waals surface area contributed by atoms with Crippen molar-refractivity contribution in [3.63, 3.8) is 0 Å². The third-order valence-corrected chi connectivity index (χ3v) is 10.6. The van der Waals surface area contributed by atoms with Crippen molar-refractivity contribution in [2.45, 2.75) is 116 Å². The van der Waals surface area contributed by atoms with Gasteiger partial charge in [-0.25, -0.2) is 4.98 Å². The molecule has 2 aromatic heterocycles. The molecule has 3 aromatic rings. The summed E-state index contributed by atoms with van der Waals surface area (Å²) < 4.78 is 0. The van der Waals surface area contributed by atoms with Gasteiger partial charge in [0.1, 0.15) is 17.8 Å². The van der Waals surface area contributed by atoms with Gasteiger partial charge < -0.3 is 32.1 Å². The molecule has 1 saturated carbocycles. The second-order valence-corrected chi connectivity index (χ2v) is 15.0. The zero-order chi connectivity index (χ0) is 39.2. The van der Waals surface area contributed by atoms with Crippen molar-refractivity contribution < 1.29 is 29.1 Å². The maximum absolute atomic E-state index is 13.9. The Balaban J connectivity index is 1.49. The van der Waals surface area contributed by atoms with E-state index in [-0.39, 0.29) is 48.2 Å². The number of hydrogen-bond acceptors (Lipinski definition) is 8. The lowest BCUT2D eigenvalue weighted by atomic mass is 9.81. The first-order chi connectivity index (χ1) is 25.9. The molecule has 2 heterocycles. The van der Waals surface area contributed by atoms with Crippen molar-refractivity contribution in [1.29, 1.82) is 0 Å². The number of fused-ring (bicyclic) bond motifs is 1. The first-order valence-corrected chi connectivity index (χ1v) is 19.3. The van der Waals surface area contributed by atoms with Crippen molar-refractivity contribution >= 4 is 40.4 Å². The van der Waals surface area contributed by atoms with Crippen LogP contribution in [0.2, 0.25) is 0 Å². The Hall–Kier alpha value is -4.91. The molecular formula is C41H57N7O6. The Morgan fingerprint density at radius 2 is 1.59 bits per heavy atom. The van der Waals surface area contributed by atoms with Gasteiger partial charge in [-0.2, -0.15) is 0 Å². The van der Waals surface area contributed by atoms with E-state index >= 15 is 0 Å². The fraction of sp³-hybridized carbons (Fsp3) is 0.537. The molecular weight excluding hydrogens is 686 g/mol. The average molecular weight is 744 g/mol. The van der Waals surface area contributed by atoms with E-state index in [0.717, 1.165) is 37.5 Å². The van der Waals surface area contributed by atoms with E-state index in [4.69, 9.17) is 5.73 Å². The smallest absolute Gasteiger partial charge is 0.270 e. The number of pyridine rings is 2. The Morgan fingerprint density at radius 3 is 2.26 bits per heavy atom. The van der Waals surface area contributed by atoms with Crippen LogP contribution in [0.1, 0.15) is 102 Å². The van der Waals surface area contributed by atoms with Gasteiger partial charge in [-0.1, -0.05) is 96.6 Å². The molecule has 7 N–H and O–H groups in total. The lowest BCUT2D eigenvalue weighted by molar-refractivity contribution is -0.134. The quantitative estimate of drug-likeness (QED) is 0.106. The highest BCUT2D eigenvalue weighted by molar-refractivity contribution is 5.99. The summed E-state index contributed by atoms with van der Waals surface area (Å²) in [4.78, 5) is 75.2. The lowest BCUT2D eigenvalue weighted by Gasteiger charge is -2.34. The Labute approximate surface area is 318 Å². The fourth-order valence-electron chi connectivity index (χ4n) is 7.07. The van der Waals surface area contributed by atoms with Crippen molar-refractivity contribution in [1.82, 2.24) is 31.2 Å². The van der Waals surface area contributed by atoms with Gasteiger partial charge in [-0.05, 0) is 54.9 Å². The van der Waals surface area contributed by atoms with Gasteiger partial charge in [0.2, 0.25) is 23.6 Å². The van der Waals surface area contributed by atoms with E-state index < -0.39 is 54.3 Å². The highest BCUT2D eigenvalue weighted by Crippen LogP contribution is 2.30. The number of aliphatic hydroxyl groups is 1. The predicted molar refractivity (Wildman–Crippen MR) is 206 cm³/mol. The number of primary amides is 1. The van der Waals surface area contributed by atoms with Gasteiger partial charge in [0.25, 0.3) is 5.91 Å². The number of nitrogens with one attached hydrogen (secondary N) is 4. The Kier molecular flexibility index (Phi) is 15.9. The minimum Gasteiger partial charge on any atom is -0.391 e. The number of para-hydroxylation sites is 1. The third kappa shape index (κ3) is 12.3. The largest absolute Gasteiger partial charge is 0.391 e. The predicted octanol–water partition coefficient (Wildman–Crippen LogP) is 3.93. The van der Waals surface area contributed by atoms with E-state index in [0.29, 0.717) is 24.1 Å². The average Bonchev–Trinajstić information content (AvgIpc) is 3.17. The molecule has 292 valence electrons. The zero-order valence-electron chi connectivity index (χ0n) is 31.9. The van der Waals surface area contributed by atoms with Gasteiger partial charge in [-0.3, -0.25) is 29.0 Å². The minimum absolute atomic E-state index is 0.0117. The number of carbonyl (C=O) groups is 5. The molecule has 5 amide bonds. The molecule has 0 aliphatic heterocycles. The number of rotatable bonds is 19. The molecule has 13 heteroatoms. The molecule has 0 saturated heterocycles. The number of aromatic nitrogens is 2. The van der Waals surface area contributed by atoms with E-state index in [1.807, 2.05) is 52.0 Å². The number of benzene rings is 1. The van der Waals surface area contributed by atoms with Crippen LogP contribution in [0.15, 0.2) is 60.8 Å². The summed E-state index contributed by atoms with van der Waals surface area (Å²) in [5.41, 5.74) is 6.88. The SMILES string of the molecule is CC[C@H](C)[C@H](NC(=O)[C@@H](C[C@H](O)[C@H](CC1CCCCC1)NC(=O)[C@H](CC(N)=O)NC(=O)c1ccc2ccccc2n1)C(C)C)C(=O)NCc1ccccn1. The molecule has 0 radical (unpaired) electrons. The summed E-state index contributed by atoms with van der Waals surface area (Å²) in [6.07, 6.45) is 6.21. The number of aliphatic hydroxyl groups excluding tert-OH is 1. The molecule has 6 atom stereocenters. The second kappa shape index (κ2) is 20.5. The molecule has 0 spiro atoms. The number of nitrogens with zero attached hydrogens (tertiary/aromatic N) is 2. The van der Waals surface area contributed by atoms with Crippen LogP contribution in [0.5, 0.6) is 0 Å². The van der Waals surface area contributed by atoms with E-state index in [1.54, 1.807) is 36.5 Å². The maximum atomic E-state index is 13.9. The lowest BCUT2D eigenvalue weighted by Crippen LogP contribution is -2.55. The molecule has 0 bridgehead atoms. The van der Waals surface area contributed by atoms with Crippen LogP contribution in [0.3, 0.4) is 0 Å². The van der Waals surface area contributed by atoms with Crippen molar-refractivity contribution in [2.24, 2.45) is 29.4 Å². The monoisotopic (exact) mass is 743 g/mol. The molecule has 1 aromatic carbocycles. The minimum atomic E-state index is -1.32. The summed E-state index contributed by atoms with van der Waals surface area (Å²) in [5, 5.41) is 24.1. The van der Waals surface area contributed by atoms with Crippen LogP contribution in [0.25, 0.3) is 10.9 Å². The van der Waals surface area contributed by atoms with Gasteiger partial charge in [-0.15, -0.1) is 0 Å². The first-order valence-electron chi connectivity index (χ1n) is 19.3. The number of carbonyl (C=O) groups excluding carboxylic acids is 5. The van der Waals surface area contributed by atoms with Crippen molar-refractivity contribution in [3.05, 3.63) is 72.2 Å². The highest BCUT2D eigenvalue weighted by atomic mass is 16.3. The van der Waals surface area contributed by atoms with Crippen molar-refractivity contribution in [2.75, 3.05) is 0 Å². The highest BCUT2D eigenvalue weighted by Gasteiger charge is 2.36. The third-order valence-electron chi connectivity index (χ3n) is 10.6. The molecule has 1 aliphatic carbocycles. The van der Waals surface area contributed by atoms with Crippen LogP contribution in [0.4, 0.5) is 0 Å². The number of amides is 5. The molecule has 1 fully saturated rings. The first kappa shape index (κ1) is 41.8. The summed E-state index contributed by atoms with van der Waals surface area (Å²) in [6, 6.07) is 13.1. The fourth-order valence-corrected chi connectivity index (χ4v) is 7.07. The molecule has 13 nitrogen and oxygen atoms in total. The van der Waals surface area contributed by atoms with E-state index in [1.165, 1.54) is 0 Å². The van der Waals surface area contributed by atoms with E-state index in [9.17, 15) is 29.1 Å². The van der Waals surface area contributed by atoms with Crippen LogP contribution < -0.4 is 27.0 Å². The zero-order valence-corrected chi connectivity index (χ0v) is 31.9. The van der Waals surface area contributed by atoms with Gasteiger partial charge in [0.05, 0.1) is 36.3 Å². The Morgan fingerprint density at radius 1 is 0.870 bits per heavy atom. The standard InChI is InChI=1S/C41H57N7O6/c1-5-26(4)37(41(54)44-24-29-16-11-12-20-43-29)48-38(51)30(25(2)3)22-35(49)33(21-27-13-7-6-8-14-27)46-40(53)34(23-36(42)50)47-39(52)32-19-18-28-15-9-10-17-31(28)45-32/h9-12,15-20,25-27,30,33-35,37,49H,5-8,13-14,21-24H2,1-4H3,(H2,42,50)(H,44,54)(H,46,53)(H,47,52)(H,48,51)/t26-,30-,33-,34-,35-,37-/m0/s1. The summed E-state index contributed by atoms with van der Waals surface area (Å²) in [5.74, 6) is -3.65. The van der Waals surface area contributed by atoms with Crippen molar-refractivity contribution in [3.8, 4) is 0 Å². The number of hydrogen-bond donors (Lipinski definition) is 6. The molecule has 1 aliphatic rings. The topological polar surface area (TPSA) is 206 Å². The van der Waals surface area contributed by atoms with Crippen LogP contribution in [0, 0.1) is 23.7 Å². The molecule has 54 heavy (non-hydrogen) atoms. The Bertz CT molecular complexity index is 1710. The molecule has 4 rings (SSSR count). The van der Waals surface area contributed by atoms with Crippen LogP contribution in [-0.2, 0) is 25.7 Å². The van der Waals surface area contributed by atoms with Gasteiger partial charge in [0, 0.05) is 17.5 Å². The molecule has 0 unspecified atom stereocenters. The summed E-state index contributed by atoms with van der Waals surface area (Å²) in [6.45, 7) is 7.82. The normalized spacial score (nSPS) is 16.7. The van der Waals surface area contributed by atoms with Crippen LogP contribution >= 0.6 is 0 Å². The van der Waals surface area contributed by atoms with Gasteiger partial charge >= 0.3 is 0 Å². The van der Waals surface area contributed by atoms with Gasteiger partial charge in [0.15, 0.2) is 0 Å². The van der Waals surface area contributed by atoms with Crippen LogP contribution in [-0.4, -0.2) is 68.8 Å².